The molecule has 0 bridgehead atoms. The molecule has 0 aliphatic carbocycles. The summed E-state index contributed by atoms with van der Waals surface area (Å²) in [6.07, 6.45) is 1.75. The number of likely N-dealkylation sites (N-methyl/N-ethyl adjacent to an activating group) is 1. The highest BCUT2D eigenvalue weighted by Crippen LogP contribution is 2.11. The van der Waals surface area contributed by atoms with E-state index in [2.05, 4.69) is 9.97 Å². The Hall–Kier alpha value is -1.40. The minimum atomic E-state index is -0.0252. The van der Waals surface area contributed by atoms with Crippen molar-refractivity contribution in [3.8, 4) is 0 Å². The minimum Gasteiger partial charge on any atom is -0.383 e. The normalized spacial score (nSPS) is 12.3. The predicted octanol–water partition coefficient (Wildman–Crippen LogP) is -0.0475. The molecule has 0 radical (unpaired) electrons. The number of nitrogens with zero attached hydrogens (tertiary/aromatic N) is 4. The van der Waals surface area contributed by atoms with Gasteiger partial charge in [0.15, 0.2) is 0 Å². The zero-order valence-corrected chi connectivity index (χ0v) is 10.9. The van der Waals surface area contributed by atoms with Crippen LogP contribution in [0.4, 0.5) is 11.8 Å². The van der Waals surface area contributed by atoms with Gasteiger partial charge in [0.1, 0.15) is 5.82 Å². The first-order chi connectivity index (χ1) is 8.04. The van der Waals surface area contributed by atoms with E-state index in [0.717, 1.165) is 5.82 Å². The number of rotatable bonds is 6. The topological polar surface area (TPSA) is 67.5 Å². The van der Waals surface area contributed by atoms with Crippen molar-refractivity contribution in [3.05, 3.63) is 12.3 Å². The Morgan fingerprint density at radius 3 is 2.71 bits per heavy atom. The lowest BCUT2D eigenvalue weighted by molar-refractivity contribution is 0.181. The molecule has 0 spiro atoms. The van der Waals surface area contributed by atoms with Gasteiger partial charge in [-0.05, 0) is 6.07 Å². The van der Waals surface area contributed by atoms with Crippen molar-refractivity contribution in [3.63, 3.8) is 0 Å². The summed E-state index contributed by atoms with van der Waals surface area (Å²) < 4.78 is 5.01. The highest BCUT2D eigenvalue weighted by molar-refractivity contribution is 5.42. The molecule has 6 nitrogen and oxygen atoms in total. The Morgan fingerprint density at radius 1 is 1.41 bits per heavy atom. The third-order valence-electron chi connectivity index (χ3n) is 2.31. The van der Waals surface area contributed by atoms with Gasteiger partial charge in [0, 0.05) is 47.0 Å². The second-order valence-corrected chi connectivity index (χ2v) is 4.21. The highest BCUT2D eigenvalue weighted by atomic mass is 16.5. The molecule has 1 aromatic rings. The maximum Gasteiger partial charge on any atom is 0.226 e. The van der Waals surface area contributed by atoms with Gasteiger partial charge in [-0.2, -0.15) is 4.98 Å². The van der Waals surface area contributed by atoms with E-state index >= 15 is 0 Å². The van der Waals surface area contributed by atoms with Crippen LogP contribution in [-0.4, -0.2) is 57.4 Å². The van der Waals surface area contributed by atoms with E-state index in [1.165, 1.54) is 0 Å². The second-order valence-electron chi connectivity index (χ2n) is 4.21. The van der Waals surface area contributed by atoms with Gasteiger partial charge in [0.2, 0.25) is 5.95 Å². The van der Waals surface area contributed by atoms with Gasteiger partial charge < -0.3 is 20.3 Å². The zero-order chi connectivity index (χ0) is 12.8. The van der Waals surface area contributed by atoms with Crippen LogP contribution in [0.2, 0.25) is 0 Å². The number of hydrogen-bond acceptors (Lipinski definition) is 6. The fourth-order valence-electron chi connectivity index (χ4n) is 1.48. The molecule has 1 unspecified atom stereocenters. The number of nitrogens with two attached hydrogens (primary N) is 1. The fraction of sp³-hybridized carbons (Fsp3) is 0.636. The van der Waals surface area contributed by atoms with Gasteiger partial charge in [-0.1, -0.05) is 0 Å². The lowest BCUT2D eigenvalue weighted by Gasteiger charge is -2.22. The molecule has 96 valence electrons. The van der Waals surface area contributed by atoms with Crippen LogP contribution in [0.3, 0.4) is 0 Å². The SMILES string of the molecule is COCC(N)CN(C)c1ccnc(N(C)C)n1. The van der Waals surface area contributed by atoms with E-state index in [1.807, 2.05) is 37.0 Å². The van der Waals surface area contributed by atoms with E-state index < -0.39 is 0 Å². The van der Waals surface area contributed by atoms with Gasteiger partial charge in [0.25, 0.3) is 0 Å². The summed E-state index contributed by atoms with van der Waals surface area (Å²) in [5.41, 5.74) is 5.90. The van der Waals surface area contributed by atoms with Crippen molar-refractivity contribution >= 4 is 11.8 Å². The van der Waals surface area contributed by atoms with Crippen LogP contribution < -0.4 is 15.5 Å². The van der Waals surface area contributed by atoms with E-state index in [9.17, 15) is 0 Å². The summed E-state index contributed by atoms with van der Waals surface area (Å²) in [7, 11) is 7.43. The molecule has 0 aliphatic heterocycles. The van der Waals surface area contributed by atoms with Crippen LogP contribution in [0.5, 0.6) is 0 Å². The third-order valence-corrected chi connectivity index (χ3v) is 2.31. The predicted molar refractivity (Wildman–Crippen MR) is 69.5 cm³/mol. The van der Waals surface area contributed by atoms with Crippen LogP contribution in [0.15, 0.2) is 12.3 Å². The summed E-state index contributed by atoms with van der Waals surface area (Å²) >= 11 is 0. The standard InChI is InChI=1S/C11H21N5O/c1-15(2)11-13-6-5-10(14-11)16(3)7-9(12)8-17-4/h5-6,9H,7-8,12H2,1-4H3. The largest absolute Gasteiger partial charge is 0.383 e. The lowest BCUT2D eigenvalue weighted by atomic mass is 10.3. The van der Waals surface area contributed by atoms with Crippen molar-refractivity contribution in [2.75, 3.05) is 51.2 Å². The first-order valence-electron chi connectivity index (χ1n) is 5.50. The van der Waals surface area contributed by atoms with E-state index in [0.29, 0.717) is 19.1 Å². The number of hydrogen-bond donors (Lipinski definition) is 1. The van der Waals surface area contributed by atoms with Crippen LogP contribution in [0, 0.1) is 0 Å². The molecule has 0 saturated carbocycles. The third kappa shape index (κ3) is 4.16. The zero-order valence-electron chi connectivity index (χ0n) is 10.9. The maximum absolute atomic E-state index is 5.90. The molecule has 1 aromatic heterocycles. The number of aromatic nitrogens is 2. The molecule has 0 saturated heterocycles. The highest BCUT2D eigenvalue weighted by Gasteiger charge is 2.09. The van der Waals surface area contributed by atoms with Crippen molar-refractivity contribution in [2.45, 2.75) is 6.04 Å². The average molecular weight is 239 g/mol. The van der Waals surface area contributed by atoms with Crippen LogP contribution in [-0.2, 0) is 4.74 Å². The van der Waals surface area contributed by atoms with Crippen LogP contribution >= 0.6 is 0 Å². The Balaban J connectivity index is 2.68. The molecular formula is C11H21N5O. The van der Waals surface area contributed by atoms with E-state index in [1.54, 1.807) is 13.3 Å². The van der Waals surface area contributed by atoms with Crippen molar-refractivity contribution in [2.24, 2.45) is 5.73 Å². The van der Waals surface area contributed by atoms with Crippen molar-refractivity contribution < 1.29 is 4.74 Å². The molecule has 1 heterocycles. The molecular weight excluding hydrogens is 218 g/mol. The van der Waals surface area contributed by atoms with Crippen LogP contribution in [0.25, 0.3) is 0 Å². The smallest absolute Gasteiger partial charge is 0.226 e. The maximum atomic E-state index is 5.90. The quantitative estimate of drug-likeness (QED) is 0.751. The van der Waals surface area contributed by atoms with Gasteiger partial charge in [0.05, 0.1) is 6.61 Å². The number of methoxy groups -OCH3 is 1. The number of ether oxygens (including phenoxy) is 1. The van der Waals surface area contributed by atoms with Gasteiger partial charge in [-0.25, -0.2) is 4.98 Å². The summed E-state index contributed by atoms with van der Waals surface area (Å²) in [6.45, 7) is 1.23. The van der Waals surface area contributed by atoms with Crippen LogP contribution in [0.1, 0.15) is 0 Å². The molecule has 1 atom stereocenters. The molecule has 0 aromatic carbocycles. The summed E-state index contributed by atoms with van der Waals surface area (Å²) in [5, 5.41) is 0. The fourth-order valence-corrected chi connectivity index (χ4v) is 1.48. The molecule has 1 rings (SSSR count). The number of anilines is 2. The molecule has 0 fully saturated rings. The Kier molecular flexibility index (Phi) is 5.11. The molecule has 17 heavy (non-hydrogen) atoms. The molecule has 0 aliphatic rings. The Labute approximate surface area is 102 Å². The van der Waals surface area contributed by atoms with E-state index in [4.69, 9.17) is 10.5 Å². The summed E-state index contributed by atoms with van der Waals surface area (Å²) in [5.74, 6) is 1.55. The van der Waals surface area contributed by atoms with Crippen molar-refractivity contribution in [1.82, 2.24) is 9.97 Å². The second kappa shape index (κ2) is 6.36. The Morgan fingerprint density at radius 2 is 2.12 bits per heavy atom. The van der Waals surface area contributed by atoms with Gasteiger partial charge in [-0.15, -0.1) is 0 Å². The first kappa shape index (κ1) is 13.7. The van der Waals surface area contributed by atoms with E-state index in [-0.39, 0.29) is 6.04 Å². The minimum absolute atomic E-state index is 0.0252. The molecule has 2 N–H and O–H groups in total. The molecule has 0 amide bonds. The Bertz CT molecular complexity index is 344. The monoisotopic (exact) mass is 239 g/mol. The summed E-state index contributed by atoms with van der Waals surface area (Å²) in [6, 6.07) is 1.84. The average Bonchev–Trinajstić information content (AvgIpc) is 2.29. The first-order valence-corrected chi connectivity index (χ1v) is 5.50. The van der Waals surface area contributed by atoms with Gasteiger partial charge in [-0.3, -0.25) is 0 Å². The lowest BCUT2D eigenvalue weighted by Crippen LogP contribution is -2.38. The van der Waals surface area contributed by atoms with Gasteiger partial charge >= 0.3 is 0 Å². The molecule has 6 heteroatoms. The summed E-state index contributed by atoms with van der Waals surface area (Å²) in [4.78, 5) is 12.5. The van der Waals surface area contributed by atoms with Crippen molar-refractivity contribution in [1.29, 1.82) is 0 Å².